The molecule has 17 heavy (non-hydrogen) atoms. The molecule has 5 heteroatoms. The predicted molar refractivity (Wildman–Crippen MR) is 64.0 cm³/mol. The Balaban J connectivity index is 2.06. The number of benzene rings is 1. The van der Waals surface area contributed by atoms with Crippen LogP contribution in [0.15, 0.2) is 52.4 Å². The fourth-order valence-corrected chi connectivity index (χ4v) is 2.33. The van der Waals surface area contributed by atoms with Crippen molar-refractivity contribution in [2.75, 3.05) is 5.75 Å². The van der Waals surface area contributed by atoms with Crippen LogP contribution in [0, 0.1) is 0 Å². The van der Waals surface area contributed by atoms with Gasteiger partial charge >= 0.3 is 5.97 Å². The average Bonchev–Trinajstić information content (AvgIpc) is 2.83. The molecule has 0 amide bonds. The van der Waals surface area contributed by atoms with Gasteiger partial charge in [-0.2, -0.15) is 0 Å². The predicted octanol–water partition coefficient (Wildman–Crippen LogP) is 2.64. The van der Waals surface area contributed by atoms with Gasteiger partial charge in [0.25, 0.3) is 5.22 Å². The van der Waals surface area contributed by atoms with Crippen LogP contribution in [-0.2, 0) is 4.79 Å². The number of carbonyl (C=O) groups is 1. The van der Waals surface area contributed by atoms with Crippen LogP contribution >= 0.6 is 11.8 Å². The third kappa shape index (κ3) is 3.10. The van der Waals surface area contributed by atoms with Crippen LogP contribution in [0.4, 0.5) is 0 Å². The highest BCUT2D eigenvalue weighted by Crippen LogP contribution is 2.25. The molecule has 88 valence electrons. The highest BCUT2D eigenvalue weighted by molar-refractivity contribution is 7.99. The van der Waals surface area contributed by atoms with Crippen LogP contribution in [-0.4, -0.2) is 21.8 Å². The summed E-state index contributed by atoms with van der Waals surface area (Å²) in [6, 6.07) is 9.16. The minimum absolute atomic E-state index is 0.403. The van der Waals surface area contributed by atoms with E-state index >= 15 is 0 Å². The van der Waals surface area contributed by atoms with Gasteiger partial charge in [-0.05, 0) is 5.56 Å². The van der Waals surface area contributed by atoms with E-state index in [1.54, 1.807) is 6.20 Å². The van der Waals surface area contributed by atoms with E-state index in [1.165, 1.54) is 18.0 Å². The standard InChI is InChI=1S/C12H11NO3S/c14-11(15)10(9-4-2-1-3-5-9)8-17-12-13-6-7-16-12/h1-7,10H,8H2,(H,14,15). The number of aliphatic carboxylic acids is 1. The number of thioether (sulfide) groups is 1. The first-order chi connectivity index (χ1) is 8.27. The van der Waals surface area contributed by atoms with Gasteiger partial charge in [-0.1, -0.05) is 42.1 Å². The average molecular weight is 249 g/mol. The lowest BCUT2D eigenvalue weighted by atomic mass is 10.0. The summed E-state index contributed by atoms with van der Waals surface area (Å²) in [5.74, 6) is -0.983. The minimum Gasteiger partial charge on any atom is -0.481 e. The molecule has 1 atom stereocenters. The van der Waals surface area contributed by atoms with Gasteiger partial charge in [-0.15, -0.1) is 0 Å². The summed E-state index contributed by atoms with van der Waals surface area (Å²) in [6.07, 6.45) is 3.02. The molecular weight excluding hydrogens is 238 g/mol. The van der Waals surface area contributed by atoms with Gasteiger partial charge in [0.05, 0.1) is 12.1 Å². The maximum Gasteiger partial charge on any atom is 0.311 e. The summed E-state index contributed by atoms with van der Waals surface area (Å²) in [5.41, 5.74) is 0.791. The van der Waals surface area contributed by atoms with Crippen molar-refractivity contribution in [3.63, 3.8) is 0 Å². The van der Waals surface area contributed by atoms with Crippen LogP contribution in [0.25, 0.3) is 0 Å². The topological polar surface area (TPSA) is 63.3 Å². The molecule has 0 saturated heterocycles. The monoisotopic (exact) mass is 249 g/mol. The van der Waals surface area contributed by atoms with E-state index in [9.17, 15) is 9.90 Å². The molecule has 1 heterocycles. The highest BCUT2D eigenvalue weighted by Gasteiger charge is 2.20. The molecule has 2 aromatic rings. The van der Waals surface area contributed by atoms with Crippen molar-refractivity contribution in [3.8, 4) is 0 Å². The second kappa shape index (κ2) is 5.54. The van der Waals surface area contributed by atoms with Gasteiger partial charge in [-0.25, -0.2) is 4.98 Å². The van der Waals surface area contributed by atoms with Crippen molar-refractivity contribution in [2.24, 2.45) is 0 Å². The Morgan fingerprint density at radius 2 is 2.18 bits per heavy atom. The van der Waals surface area contributed by atoms with E-state index in [0.717, 1.165) is 5.56 Å². The largest absolute Gasteiger partial charge is 0.481 e. The number of oxazole rings is 1. The Bertz CT molecular complexity index is 470. The molecule has 1 N–H and O–H groups in total. The molecule has 0 spiro atoms. The lowest BCUT2D eigenvalue weighted by Crippen LogP contribution is -2.14. The van der Waals surface area contributed by atoms with Gasteiger partial charge < -0.3 is 9.52 Å². The van der Waals surface area contributed by atoms with Crippen LogP contribution in [0.1, 0.15) is 11.5 Å². The second-order valence-electron chi connectivity index (χ2n) is 3.41. The number of carboxylic acid groups (broad SMARTS) is 1. The summed E-state index contributed by atoms with van der Waals surface area (Å²) in [6.45, 7) is 0. The number of aromatic nitrogens is 1. The van der Waals surface area contributed by atoms with Gasteiger partial charge in [0.1, 0.15) is 6.26 Å². The zero-order valence-corrected chi connectivity index (χ0v) is 9.76. The van der Waals surface area contributed by atoms with E-state index in [-0.39, 0.29) is 0 Å². The number of rotatable bonds is 5. The van der Waals surface area contributed by atoms with E-state index in [0.29, 0.717) is 11.0 Å². The Hall–Kier alpha value is -1.75. The molecule has 0 aliphatic heterocycles. The van der Waals surface area contributed by atoms with Gasteiger partial charge in [0.2, 0.25) is 0 Å². The molecule has 1 aromatic heterocycles. The Morgan fingerprint density at radius 3 is 2.76 bits per heavy atom. The van der Waals surface area contributed by atoms with Crippen molar-refractivity contribution in [3.05, 3.63) is 48.4 Å². The smallest absolute Gasteiger partial charge is 0.311 e. The van der Waals surface area contributed by atoms with E-state index < -0.39 is 11.9 Å². The minimum atomic E-state index is -0.838. The Labute approximate surface area is 103 Å². The van der Waals surface area contributed by atoms with Gasteiger partial charge in [0, 0.05) is 5.75 Å². The third-order valence-electron chi connectivity index (χ3n) is 2.28. The molecule has 0 radical (unpaired) electrons. The first-order valence-electron chi connectivity index (χ1n) is 5.07. The van der Waals surface area contributed by atoms with Crippen molar-refractivity contribution in [2.45, 2.75) is 11.1 Å². The number of hydrogen-bond acceptors (Lipinski definition) is 4. The van der Waals surface area contributed by atoms with Crippen LogP contribution < -0.4 is 0 Å². The number of nitrogens with zero attached hydrogens (tertiary/aromatic N) is 1. The maximum atomic E-state index is 11.2. The summed E-state index contributed by atoms with van der Waals surface area (Å²) >= 11 is 1.30. The number of carboxylic acids is 1. The fraction of sp³-hybridized carbons (Fsp3) is 0.167. The molecule has 1 aromatic carbocycles. The first-order valence-corrected chi connectivity index (χ1v) is 6.06. The molecule has 0 aliphatic rings. The fourth-order valence-electron chi connectivity index (χ4n) is 1.43. The third-order valence-corrected chi connectivity index (χ3v) is 3.23. The molecule has 0 aliphatic carbocycles. The SMILES string of the molecule is O=C(O)C(CSc1ncco1)c1ccccc1. The Kier molecular flexibility index (Phi) is 3.82. The molecule has 2 rings (SSSR count). The molecule has 1 unspecified atom stereocenters. The van der Waals surface area contributed by atoms with E-state index in [2.05, 4.69) is 4.98 Å². The van der Waals surface area contributed by atoms with Crippen molar-refractivity contribution in [1.82, 2.24) is 4.98 Å². The van der Waals surface area contributed by atoms with Crippen molar-refractivity contribution in [1.29, 1.82) is 0 Å². The van der Waals surface area contributed by atoms with Crippen LogP contribution in [0.3, 0.4) is 0 Å². The van der Waals surface area contributed by atoms with E-state index in [4.69, 9.17) is 4.42 Å². The van der Waals surface area contributed by atoms with Crippen LogP contribution in [0.2, 0.25) is 0 Å². The zero-order valence-electron chi connectivity index (χ0n) is 8.95. The summed E-state index contributed by atoms with van der Waals surface area (Å²) < 4.78 is 5.06. The molecule has 0 saturated carbocycles. The normalized spacial score (nSPS) is 12.2. The highest BCUT2D eigenvalue weighted by atomic mass is 32.2. The summed E-state index contributed by atoms with van der Waals surface area (Å²) in [7, 11) is 0. The molecular formula is C12H11NO3S. The van der Waals surface area contributed by atoms with Crippen molar-refractivity contribution >= 4 is 17.7 Å². The molecule has 4 nitrogen and oxygen atoms in total. The lowest BCUT2D eigenvalue weighted by Gasteiger charge is -2.10. The van der Waals surface area contributed by atoms with Crippen LogP contribution in [0.5, 0.6) is 0 Å². The van der Waals surface area contributed by atoms with Gasteiger partial charge in [0.15, 0.2) is 0 Å². The molecule has 0 bridgehead atoms. The van der Waals surface area contributed by atoms with Crippen molar-refractivity contribution < 1.29 is 14.3 Å². The summed E-state index contributed by atoms with van der Waals surface area (Å²) in [5, 5.41) is 9.68. The maximum absolute atomic E-state index is 11.2. The first kappa shape index (κ1) is 11.7. The number of hydrogen-bond donors (Lipinski definition) is 1. The molecule has 0 fully saturated rings. The Morgan fingerprint density at radius 1 is 1.41 bits per heavy atom. The van der Waals surface area contributed by atoms with E-state index in [1.807, 2.05) is 30.3 Å². The van der Waals surface area contributed by atoms with Gasteiger partial charge in [-0.3, -0.25) is 4.79 Å². The second-order valence-corrected chi connectivity index (χ2v) is 4.38. The lowest BCUT2D eigenvalue weighted by molar-refractivity contribution is -0.138. The quantitative estimate of drug-likeness (QED) is 0.825. The summed E-state index contributed by atoms with van der Waals surface area (Å²) in [4.78, 5) is 15.1. The zero-order chi connectivity index (χ0) is 12.1.